The monoisotopic (exact) mass is 512 g/mol. The van der Waals surface area contributed by atoms with E-state index in [1.165, 1.54) is 11.3 Å². The van der Waals surface area contributed by atoms with Crippen LogP contribution in [0.1, 0.15) is 43.5 Å². The Bertz CT molecular complexity index is 1710. The van der Waals surface area contributed by atoms with Crippen LogP contribution in [-0.4, -0.2) is 23.8 Å². The Hall–Kier alpha value is -3.97. The highest BCUT2D eigenvalue weighted by atomic mass is 32.1. The van der Waals surface area contributed by atoms with Crippen LogP contribution in [0, 0.1) is 6.92 Å². The number of nitrogens with zero attached hydrogens (tertiary/aromatic N) is 2. The summed E-state index contributed by atoms with van der Waals surface area (Å²) in [5, 5.41) is 2.06. The molecule has 0 amide bonds. The average Bonchev–Trinajstić information content (AvgIpc) is 3.19. The van der Waals surface area contributed by atoms with E-state index in [1.807, 2.05) is 80.6 Å². The lowest BCUT2D eigenvalue weighted by Gasteiger charge is -2.24. The minimum atomic E-state index is -0.628. The second-order valence-electron chi connectivity index (χ2n) is 8.84. The molecule has 1 aromatic heterocycles. The number of fused-ring (bicyclic) bond motifs is 2. The molecular weight excluding hydrogens is 484 g/mol. The molecule has 0 saturated heterocycles. The summed E-state index contributed by atoms with van der Waals surface area (Å²) in [4.78, 5) is 32.3. The molecule has 3 aromatic carbocycles. The Morgan fingerprint density at radius 3 is 2.51 bits per heavy atom. The van der Waals surface area contributed by atoms with Crippen LogP contribution in [-0.2, 0) is 9.53 Å². The predicted molar refractivity (Wildman–Crippen MR) is 147 cm³/mol. The van der Waals surface area contributed by atoms with E-state index in [-0.39, 0.29) is 12.2 Å². The summed E-state index contributed by atoms with van der Waals surface area (Å²) in [5.41, 5.74) is 3.49. The first-order valence-electron chi connectivity index (χ1n) is 12.3. The van der Waals surface area contributed by atoms with Crippen LogP contribution in [0.5, 0.6) is 5.75 Å². The van der Waals surface area contributed by atoms with E-state index in [1.54, 1.807) is 18.4 Å². The normalized spacial score (nSPS) is 15.5. The van der Waals surface area contributed by atoms with Gasteiger partial charge in [0.15, 0.2) is 4.80 Å². The topological polar surface area (TPSA) is 69.9 Å². The van der Waals surface area contributed by atoms with E-state index in [2.05, 4.69) is 4.99 Å². The van der Waals surface area contributed by atoms with Gasteiger partial charge in [0.1, 0.15) is 5.75 Å². The van der Waals surface area contributed by atoms with Crippen LogP contribution in [0.4, 0.5) is 0 Å². The molecular formula is C30H28N2O4S. The van der Waals surface area contributed by atoms with Crippen LogP contribution >= 0.6 is 11.3 Å². The minimum Gasteiger partial charge on any atom is -0.493 e. The van der Waals surface area contributed by atoms with E-state index in [9.17, 15) is 9.59 Å². The molecule has 188 valence electrons. The molecule has 5 rings (SSSR count). The molecule has 7 heteroatoms. The van der Waals surface area contributed by atoms with Gasteiger partial charge in [-0.3, -0.25) is 9.36 Å². The summed E-state index contributed by atoms with van der Waals surface area (Å²) < 4.78 is 13.4. The van der Waals surface area contributed by atoms with Crippen molar-refractivity contribution in [2.24, 2.45) is 4.99 Å². The highest BCUT2D eigenvalue weighted by molar-refractivity contribution is 7.07. The quantitative estimate of drug-likeness (QED) is 0.353. The van der Waals surface area contributed by atoms with Gasteiger partial charge in [0.25, 0.3) is 5.56 Å². The van der Waals surface area contributed by atoms with Gasteiger partial charge in [-0.25, -0.2) is 9.79 Å². The maximum Gasteiger partial charge on any atom is 0.338 e. The second kappa shape index (κ2) is 10.2. The van der Waals surface area contributed by atoms with Crippen LogP contribution < -0.4 is 19.6 Å². The van der Waals surface area contributed by atoms with E-state index in [4.69, 9.17) is 9.47 Å². The third-order valence-electron chi connectivity index (χ3n) is 6.42. The van der Waals surface area contributed by atoms with Crippen LogP contribution in [0.15, 0.2) is 81.7 Å². The molecule has 0 fully saturated rings. The minimum absolute atomic E-state index is 0.209. The number of carbonyl (C=O) groups is 1. The SMILES string of the molecule is CCOC(=O)C1=C(C)N=c2s/c(=C/c3c(OCC)ccc4ccccc34)c(=O)n2C1c1ccc(C)cc1. The van der Waals surface area contributed by atoms with Crippen molar-refractivity contribution in [3.05, 3.63) is 108 Å². The molecule has 0 spiro atoms. The van der Waals surface area contributed by atoms with Crippen molar-refractivity contribution in [3.8, 4) is 5.75 Å². The molecule has 0 N–H and O–H groups in total. The lowest BCUT2D eigenvalue weighted by molar-refractivity contribution is -0.139. The van der Waals surface area contributed by atoms with Gasteiger partial charge in [-0.15, -0.1) is 0 Å². The maximum atomic E-state index is 14.0. The average molecular weight is 513 g/mol. The zero-order chi connectivity index (χ0) is 26.1. The first-order valence-corrected chi connectivity index (χ1v) is 13.1. The third kappa shape index (κ3) is 4.51. The van der Waals surface area contributed by atoms with Crippen LogP contribution in [0.3, 0.4) is 0 Å². The summed E-state index contributed by atoms with van der Waals surface area (Å²) in [6.45, 7) is 8.25. The highest BCUT2D eigenvalue weighted by Gasteiger charge is 2.33. The number of ether oxygens (including phenoxy) is 2. The lowest BCUT2D eigenvalue weighted by atomic mass is 9.95. The number of rotatable bonds is 6. The first kappa shape index (κ1) is 24.7. The van der Waals surface area contributed by atoms with Gasteiger partial charge in [-0.05, 0) is 56.2 Å². The van der Waals surface area contributed by atoms with E-state index in [0.29, 0.717) is 33.0 Å². The fourth-order valence-corrected chi connectivity index (χ4v) is 5.72. The highest BCUT2D eigenvalue weighted by Crippen LogP contribution is 2.31. The van der Waals surface area contributed by atoms with Crippen molar-refractivity contribution >= 4 is 34.2 Å². The number of aryl methyl sites for hydroxylation is 1. The Morgan fingerprint density at radius 2 is 1.78 bits per heavy atom. The molecule has 6 nitrogen and oxygen atoms in total. The van der Waals surface area contributed by atoms with Crippen molar-refractivity contribution in [2.45, 2.75) is 33.7 Å². The Morgan fingerprint density at radius 1 is 1.03 bits per heavy atom. The third-order valence-corrected chi connectivity index (χ3v) is 7.40. The second-order valence-corrected chi connectivity index (χ2v) is 9.85. The van der Waals surface area contributed by atoms with E-state index in [0.717, 1.165) is 27.5 Å². The Balaban J connectivity index is 1.77. The van der Waals surface area contributed by atoms with Crippen LogP contribution in [0.25, 0.3) is 16.8 Å². The first-order chi connectivity index (χ1) is 17.9. The Labute approximate surface area is 218 Å². The number of thiazole rings is 1. The van der Waals surface area contributed by atoms with Crippen molar-refractivity contribution < 1.29 is 14.3 Å². The molecule has 4 aromatic rings. The molecule has 1 unspecified atom stereocenters. The summed E-state index contributed by atoms with van der Waals surface area (Å²) in [6, 6.07) is 19.2. The summed E-state index contributed by atoms with van der Waals surface area (Å²) in [5.74, 6) is 0.252. The molecule has 37 heavy (non-hydrogen) atoms. The molecule has 0 saturated carbocycles. The number of allylic oxidation sites excluding steroid dienone is 1. The fraction of sp³-hybridized carbons (Fsp3) is 0.233. The molecule has 1 atom stereocenters. The van der Waals surface area contributed by atoms with Gasteiger partial charge in [-0.2, -0.15) is 0 Å². The number of benzene rings is 3. The predicted octanol–water partition coefficient (Wildman–Crippen LogP) is 4.66. The number of hydrogen-bond acceptors (Lipinski definition) is 6. The molecule has 2 heterocycles. The van der Waals surface area contributed by atoms with Crippen molar-refractivity contribution in [1.82, 2.24) is 4.57 Å². The summed E-state index contributed by atoms with van der Waals surface area (Å²) in [7, 11) is 0. The molecule has 0 bridgehead atoms. The smallest absolute Gasteiger partial charge is 0.338 e. The van der Waals surface area contributed by atoms with Crippen molar-refractivity contribution in [2.75, 3.05) is 13.2 Å². The fourth-order valence-electron chi connectivity index (χ4n) is 4.69. The van der Waals surface area contributed by atoms with E-state index >= 15 is 0 Å². The number of aromatic nitrogens is 1. The Kier molecular flexibility index (Phi) is 6.80. The summed E-state index contributed by atoms with van der Waals surface area (Å²) >= 11 is 1.31. The van der Waals surface area contributed by atoms with Gasteiger partial charge < -0.3 is 9.47 Å². The van der Waals surface area contributed by atoms with E-state index < -0.39 is 12.0 Å². The van der Waals surface area contributed by atoms with Crippen LogP contribution in [0.2, 0.25) is 0 Å². The lowest BCUT2D eigenvalue weighted by Crippen LogP contribution is -2.39. The zero-order valence-corrected chi connectivity index (χ0v) is 22.1. The molecule has 1 aliphatic rings. The van der Waals surface area contributed by atoms with Gasteiger partial charge in [0, 0.05) is 5.56 Å². The number of carbonyl (C=O) groups excluding carboxylic acids is 1. The van der Waals surface area contributed by atoms with Crippen molar-refractivity contribution in [1.29, 1.82) is 0 Å². The zero-order valence-electron chi connectivity index (χ0n) is 21.3. The maximum absolute atomic E-state index is 14.0. The molecule has 0 aliphatic carbocycles. The summed E-state index contributed by atoms with van der Waals surface area (Å²) in [6.07, 6.45) is 1.88. The van der Waals surface area contributed by atoms with Gasteiger partial charge in [-0.1, -0.05) is 71.5 Å². The molecule has 1 aliphatic heterocycles. The number of esters is 1. The largest absolute Gasteiger partial charge is 0.493 e. The standard InChI is InChI=1S/C30H28N2O4S/c1-5-35-24-16-15-20-9-7-8-10-22(20)23(24)17-25-28(33)32-27(21-13-11-18(3)12-14-21)26(29(34)36-6-2)19(4)31-30(32)37-25/h7-17,27H,5-6H2,1-4H3/b25-17+. The number of hydrogen-bond donors (Lipinski definition) is 0. The van der Waals surface area contributed by atoms with Gasteiger partial charge in [0.2, 0.25) is 0 Å². The van der Waals surface area contributed by atoms with Gasteiger partial charge >= 0.3 is 5.97 Å². The van der Waals surface area contributed by atoms with Gasteiger partial charge in [0.05, 0.1) is 35.1 Å². The van der Waals surface area contributed by atoms with Crippen molar-refractivity contribution in [3.63, 3.8) is 0 Å². The molecule has 0 radical (unpaired) electrons.